The molecule has 6 nitrogen and oxygen atoms in total. The molecule has 1 fully saturated rings. The zero-order valence-electron chi connectivity index (χ0n) is 7.11. The Hall–Kier alpha value is -1.11. The largest absolute Gasteiger partial charge is 0.510 e. The van der Waals surface area contributed by atoms with E-state index in [1.807, 2.05) is 0 Å². The van der Waals surface area contributed by atoms with E-state index in [0.717, 1.165) is 5.57 Å². The van der Waals surface area contributed by atoms with Crippen molar-refractivity contribution in [1.29, 1.82) is 0 Å². The smallest absolute Gasteiger partial charge is 0.450 e. The third-order valence-corrected chi connectivity index (χ3v) is 1.20. The van der Waals surface area contributed by atoms with Gasteiger partial charge >= 0.3 is 12.1 Å². The third kappa shape index (κ3) is 2.69. The highest BCUT2D eigenvalue weighted by atomic mass is 17.3. The molecule has 0 radical (unpaired) electrons. The minimum Gasteiger partial charge on any atom is -0.450 e. The van der Waals surface area contributed by atoms with Crippen LogP contribution in [0.25, 0.3) is 0 Å². The predicted octanol–water partition coefficient (Wildman–Crippen LogP) is 0.889. The van der Waals surface area contributed by atoms with Gasteiger partial charge in [-0.15, -0.1) is 0 Å². The van der Waals surface area contributed by atoms with Gasteiger partial charge in [-0.25, -0.2) is 9.68 Å². The molecule has 1 N–H and O–H groups in total. The molecule has 13 heavy (non-hydrogen) atoms. The molecule has 1 aliphatic rings. The van der Waals surface area contributed by atoms with Gasteiger partial charge in [0.1, 0.15) is 0 Å². The molecule has 1 unspecified atom stereocenters. The van der Waals surface area contributed by atoms with Gasteiger partial charge in [0.15, 0.2) is 6.61 Å². The summed E-state index contributed by atoms with van der Waals surface area (Å²) in [5.74, 6) is -1.61. The summed E-state index contributed by atoms with van der Waals surface area (Å²) in [6, 6.07) is 0. The Bertz CT molecular complexity index is 219. The lowest BCUT2D eigenvalue weighted by Crippen LogP contribution is -2.53. The van der Waals surface area contributed by atoms with Crippen molar-refractivity contribution >= 4 is 6.16 Å². The summed E-state index contributed by atoms with van der Waals surface area (Å²) < 4.78 is 9.32. The van der Waals surface area contributed by atoms with Crippen LogP contribution < -0.4 is 0 Å². The zero-order valence-corrected chi connectivity index (χ0v) is 7.11. The molecule has 6 heteroatoms. The summed E-state index contributed by atoms with van der Waals surface area (Å²) in [5, 5.41) is 8.32. The quantitative estimate of drug-likeness (QED) is 0.307. The van der Waals surface area contributed by atoms with Crippen molar-refractivity contribution in [3.05, 3.63) is 12.2 Å². The van der Waals surface area contributed by atoms with Crippen molar-refractivity contribution in [2.75, 3.05) is 13.2 Å². The van der Waals surface area contributed by atoms with Crippen LogP contribution in [0.1, 0.15) is 6.92 Å². The van der Waals surface area contributed by atoms with Crippen molar-refractivity contribution in [2.24, 2.45) is 0 Å². The average molecular weight is 190 g/mol. The van der Waals surface area contributed by atoms with E-state index >= 15 is 0 Å². The maximum absolute atomic E-state index is 10.2. The molecule has 0 spiro atoms. The Balaban J connectivity index is 2.40. The highest BCUT2D eigenvalue weighted by molar-refractivity contribution is 5.57. The Morgan fingerprint density at radius 1 is 1.77 bits per heavy atom. The first-order valence-corrected chi connectivity index (χ1v) is 3.55. The molecular formula is C7H10O6. The Kier molecular flexibility index (Phi) is 2.86. The predicted molar refractivity (Wildman–Crippen MR) is 39.6 cm³/mol. The number of carboxylic acid groups (broad SMARTS) is 1. The maximum atomic E-state index is 10.2. The summed E-state index contributed by atoms with van der Waals surface area (Å²) in [6.45, 7) is 5.37. The van der Waals surface area contributed by atoms with E-state index < -0.39 is 12.1 Å². The maximum Gasteiger partial charge on any atom is 0.510 e. The summed E-state index contributed by atoms with van der Waals surface area (Å²) in [6.07, 6.45) is -1.48. The molecule has 0 bridgehead atoms. The van der Waals surface area contributed by atoms with E-state index in [9.17, 15) is 4.79 Å². The molecule has 1 heterocycles. The van der Waals surface area contributed by atoms with E-state index in [1.165, 1.54) is 0 Å². The second-order valence-corrected chi connectivity index (χ2v) is 2.64. The van der Waals surface area contributed by atoms with Gasteiger partial charge in [0.2, 0.25) is 0 Å². The fraction of sp³-hybridized carbons (Fsp3) is 0.571. The normalized spacial score (nSPS) is 26.2. The summed E-state index contributed by atoms with van der Waals surface area (Å²) in [4.78, 5) is 18.9. The van der Waals surface area contributed by atoms with Crippen molar-refractivity contribution in [3.63, 3.8) is 0 Å². The van der Waals surface area contributed by atoms with Gasteiger partial charge in [-0.1, -0.05) is 12.2 Å². The van der Waals surface area contributed by atoms with Crippen LogP contribution >= 0.6 is 0 Å². The third-order valence-electron chi connectivity index (χ3n) is 1.20. The van der Waals surface area contributed by atoms with Crippen LogP contribution in [0.15, 0.2) is 12.2 Å². The van der Waals surface area contributed by atoms with Crippen molar-refractivity contribution in [3.8, 4) is 0 Å². The summed E-state index contributed by atoms with van der Waals surface area (Å²) >= 11 is 0. The van der Waals surface area contributed by atoms with Gasteiger partial charge in [0.25, 0.3) is 0 Å². The van der Waals surface area contributed by atoms with Gasteiger partial charge in [0, 0.05) is 0 Å². The van der Waals surface area contributed by atoms with Gasteiger partial charge in [-0.3, -0.25) is 0 Å². The average Bonchev–Trinajstić information content (AvgIpc) is 1.93. The van der Waals surface area contributed by atoms with Crippen molar-refractivity contribution in [2.45, 2.75) is 12.9 Å². The topological polar surface area (TPSA) is 74.2 Å². The number of hydrogen-bond donors (Lipinski definition) is 1. The Morgan fingerprint density at radius 2 is 2.38 bits per heavy atom. The molecule has 1 saturated heterocycles. The van der Waals surface area contributed by atoms with Crippen molar-refractivity contribution in [1.82, 2.24) is 0 Å². The van der Waals surface area contributed by atoms with Gasteiger partial charge in [-0.2, -0.15) is 4.89 Å². The van der Waals surface area contributed by atoms with Gasteiger partial charge < -0.3 is 14.6 Å². The van der Waals surface area contributed by atoms with Crippen LogP contribution in [-0.2, 0) is 19.2 Å². The SMILES string of the molecule is C=C(C)COC1(OC(=O)O)COO1. The van der Waals surface area contributed by atoms with Crippen LogP contribution in [-0.4, -0.2) is 30.4 Å². The minimum atomic E-state index is -1.61. The highest BCUT2D eigenvalue weighted by Crippen LogP contribution is 2.25. The molecule has 1 aliphatic heterocycles. The molecule has 1 atom stereocenters. The van der Waals surface area contributed by atoms with Crippen LogP contribution in [0, 0.1) is 0 Å². The van der Waals surface area contributed by atoms with E-state index in [2.05, 4.69) is 21.1 Å². The lowest BCUT2D eigenvalue weighted by molar-refractivity contribution is -0.596. The molecular weight excluding hydrogens is 180 g/mol. The number of ether oxygens (including phenoxy) is 2. The second-order valence-electron chi connectivity index (χ2n) is 2.64. The first-order valence-electron chi connectivity index (χ1n) is 3.55. The molecule has 0 aromatic heterocycles. The molecule has 0 amide bonds. The monoisotopic (exact) mass is 190 g/mol. The molecule has 0 saturated carbocycles. The van der Waals surface area contributed by atoms with E-state index in [4.69, 9.17) is 9.84 Å². The van der Waals surface area contributed by atoms with Crippen LogP contribution in [0.2, 0.25) is 0 Å². The molecule has 0 aromatic carbocycles. The number of hydrogen-bond acceptors (Lipinski definition) is 5. The molecule has 0 aliphatic carbocycles. The fourth-order valence-electron chi connectivity index (χ4n) is 0.663. The number of rotatable bonds is 4. The van der Waals surface area contributed by atoms with E-state index in [-0.39, 0.29) is 13.2 Å². The molecule has 1 rings (SSSR count). The zero-order chi connectivity index (χ0) is 9.90. The standard InChI is InChI=1S/C7H10O6/c1-5(2)3-10-7(4-11-13-7)12-6(8)9/h1,3-4H2,2H3,(H,8,9). The minimum absolute atomic E-state index is 0.0768. The lowest BCUT2D eigenvalue weighted by atomic mass is 10.4. The molecule has 74 valence electrons. The lowest BCUT2D eigenvalue weighted by Gasteiger charge is -2.35. The Labute approximate surface area is 74.6 Å². The Morgan fingerprint density at radius 3 is 2.69 bits per heavy atom. The molecule has 0 aromatic rings. The second kappa shape index (κ2) is 3.73. The summed E-state index contributed by atoms with van der Waals surface area (Å²) in [7, 11) is 0. The van der Waals surface area contributed by atoms with Crippen molar-refractivity contribution < 1.29 is 29.1 Å². The first-order chi connectivity index (χ1) is 6.04. The van der Waals surface area contributed by atoms with E-state index in [0.29, 0.717) is 0 Å². The van der Waals surface area contributed by atoms with E-state index in [1.54, 1.807) is 6.92 Å². The van der Waals surface area contributed by atoms with Gasteiger partial charge in [-0.05, 0) is 6.92 Å². The summed E-state index contributed by atoms with van der Waals surface area (Å²) in [5.41, 5.74) is 0.726. The van der Waals surface area contributed by atoms with Gasteiger partial charge in [0.05, 0.1) is 6.61 Å². The first kappa shape index (κ1) is 9.97. The van der Waals surface area contributed by atoms with Crippen LogP contribution in [0.3, 0.4) is 0 Å². The highest BCUT2D eigenvalue weighted by Gasteiger charge is 2.48. The fourth-order valence-corrected chi connectivity index (χ4v) is 0.663. The number of carbonyl (C=O) groups is 1. The van der Waals surface area contributed by atoms with Crippen LogP contribution in [0.5, 0.6) is 0 Å². The van der Waals surface area contributed by atoms with Crippen LogP contribution in [0.4, 0.5) is 4.79 Å².